The number of carbonyl (C=O) groups excluding carboxylic acids is 2. The van der Waals surface area contributed by atoms with E-state index in [1.165, 1.54) is 0 Å². The fourth-order valence-electron chi connectivity index (χ4n) is 4.41. The van der Waals surface area contributed by atoms with E-state index in [4.69, 9.17) is 14.7 Å². The fourth-order valence-corrected chi connectivity index (χ4v) is 4.41. The number of fused-ring (bicyclic) bond motifs is 1. The molecule has 0 saturated carbocycles. The van der Waals surface area contributed by atoms with E-state index in [-0.39, 0.29) is 18.0 Å². The first-order valence-corrected chi connectivity index (χ1v) is 11.0. The Morgan fingerprint density at radius 3 is 2.76 bits per heavy atom. The van der Waals surface area contributed by atoms with Crippen molar-refractivity contribution >= 4 is 12.0 Å². The minimum Gasteiger partial charge on any atom is -0.444 e. The Bertz CT molecular complexity index is 1120. The van der Waals surface area contributed by atoms with Gasteiger partial charge >= 0.3 is 6.09 Å². The van der Waals surface area contributed by atoms with E-state index in [1.807, 2.05) is 39.0 Å². The van der Waals surface area contributed by atoms with Gasteiger partial charge < -0.3 is 19.3 Å². The van der Waals surface area contributed by atoms with Crippen LogP contribution in [0.2, 0.25) is 0 Å². The summed E-state index contributed by atoms with van der Waals surface area (Å²) < 4.78 is 10.9. The summed E-state index contributed by atoms with van der Waals surface area (Å²) in [6.45, 7) is 6.72. The molecule has 4 rings (SSSR count). The second-order valence-corrected chi connectivity index (χ2v) is 9.46. The predicted molar refractivity (Wildman–Crippen MR) is 121 cm³/mol. The van der Waals surface area contributed by atoms with Crippen LogP contribution in [0.5, 0.6) is 0 Å². The van der Waals surface area contributed by atoms with E-state index in [0.29, 0.717) is 43.1 Å². The highest BCUT2D eigenvalue weighted by atomic mass is 16.6. The summed E-state index contributed by atoms with van der Waals surface area (Å²) >= 11 is 0. The SMILES string of the molecule is COC[C@@H]1C[C@@H](N2Cc3ccc(-c4cccc(C#N)c4)nc3C2=O)CN1C(=O)OC(C)(C)C. The first-order valence-electron chi connectivity index (χ1n) is 11.0. The molecule has 0 spiro atoms. The van der Waals surface area contributed by atoms with Gasteiger partial charge in [-0.25, -0.2) is 9.78 Å². The molecule has 1 saturated heterocycles. The van der Waals surface area contributed by atoms with E-state index in [9.17, 15) is 9.59 Å². The molecule has 3 heterocycles. The number of amides is 2. The van der Waals surface area contributed by atoms with Crippen LogP contribution in [0.1, 0.15) is 48.8 Å². The lowest BCUT2D eigenvalue weighted by Gasteiger charge is -2.28. The Labute approximate surface area is 193 Å². The van der Waals surface area contributed by atoms with Gasteiger partial charge in [-0.3, -0.25) is 4.79 Å². The van der Waals surface area contributed by atoms with E-state index < -0.39 is 11.7 Å². The Morgan fingerprint density at radius 2 is 2.06 bits per heavy atom. The lowest BCUT2D eigenvalue weighted by atomic mass is 10.1. The highest BCUT2D eigenvalue weighted by molar-refractivity contribution is 5.97. The molecule has 2 aliphatic rings. The monoisotopic (exact) mass is 448 g/mol. The maximum absolute atomic E-state index is 13.3. The van der Waals surface area contributed by atoms with Gasteiger partial charge in [0, 0.05) is 31.3 Å². The van der Waals surface area contributed by atoms with Gasteiger partial charge in [0.15, 0.2) is 0 Å². The van der Waals surface area contributed by atoms with Crippen LogP contribution < -0.4 is 0 Å². The number of ether oxygens (including phenoxy) is 2. The number of aromatic nitrogens is 1. The molecule has 0 radical (unpaired) electrons. The summed E-state index contributed by atoms with van der Waals surface area (Å²) in [5, 5.41) is 9.17. The van der Waals surface area contributed by atoms with E-state index in [1.54, 1.807) is 35.1 Å². The Balaban J connectivity index is 1.54. The van der Waals surface area contributed by atoms with Crippen molar-refractivity contribution in [2.24, 2.45) is 0 Å². The highest BCUT2D eigenvalue weighted by Gasteiger charge is 2.44. The first kappa shape index (κ1) is 22.7. The standard InChI is InChI=1S/C25H28N4O4/c1-25(2,3)33-24(31)29-14-19(11-20(29)15-32-4)28-13-18-8-9-21(27-22(18)23(28)30)17-7-5-6-16(10-17)12-26/h5-10,19-20H,11,13-15H2,1-4H3/t19-,20+/m1/s1. The number of nitriles is 1. The maximum atomic E-state index is 13.3. The maximum Gasteiger partial charge on any atom is 0.410 e. The molecular formula is C25H28N4O4. The summed E-state index contributed by atoms with van der Waals surface area (Å²) in [5.74, 6) is -0.143. The lowest BCUT2D eigenvalue weighted by Crippen LogP contribution is -2.43. The summed E-state index contributed by atoms with van der Waals surface area (Å²) in [4.78, 5) is 34.2. The zero-order valence-corrected chi connectivity index (χ0v) is 19.4. The number of methoxy groups -OCH3 is 1. The van der Waals surface area contributed by atoms with Gasteiger partial charge in [-0.2, -0.15) is 5.26 Å². The average molecular weight is 449 g/mol. The Morgan fingerprint density at radius 1 is 1.27 bits per heavy atom. The Hall–Kier alpha value is -3.44. The second kappa shape index (κ2) is 8.83. The number of carbonyl (C=O) groups is 2. The molecular weight excluding hydrogens is 420 g/mol. The molecule has 2 amide bonds. The van der Waals surface area contributed by atoms with Crippen LogP contribution in [0.15, 0.2) is 36.4 Å². The minimum absolute atomic E-state index is 0.143. The molecule has 33 heavy (non-hydrogen) atoms. The predicted octanol–water partition coefficient (Wildman–Crippen LogP) is 3.60. The minimum atomic E-state index is -0.602. The summed E-state index contributed by atoms with van der Waals surface area (Å²) in [7, 11) is 1.60. The quantitative estimate of drug-likeness (QED) is 0.709. The summed E-state index contributed by atoms with van der Waals surface area (Å²) in [6, 6.07) is 12.8. The van der Waals surface area contributed by atoms with Crippen LogP contribution in [0.4, 0.5) is 4.79 Å². The number of pyridine rings is 1. The van der Waals surface area contributed by atoms with E-state index in [0.717, 1.165) is 11.1 Å². The molecule has 1 aromatic carbocycles. The zero-order valence-electron chi connectivity index (χ0n) is 19.4. The average Bonchev–Trinajstić information content (AvgIpc) is 3.34. The second-order valence-electron chi connectivity index (χ2n) is 9.46. The molecule has 8 nitrogen and oxygen atoms in total. The summed E-state index contributed by atoms with van der Waals surface area (Å²) in [6.07, 6.45) is 0.221. The van der Waals surface area contributed by atoms with Crippen molar-refractivity contribution in [3.63, 3.8) is 0 Å². The molecule has 2 atom stereocenters. The first-order chi connectivity index (χ1) is 15.7. The highest BCUT2D eigenvalue weighted by Crippen LogP contribution is 2.32. The number of likely N-dealkylation sites (tertiary alicyclic amines) is 1. The van der Waals surface area contributed by atoms with Crippen molar-refractivity contribution in [1.29, 1.82) is 5.26 Å². The van der Waals surface area contributed by atoms with Crippen molar-refractivity contribution in [2.75, 3.05) is 20.3 Å². The molecule has 172 valence electrons. The lowest BCUT2D eigenvalue weighted by molar-refractivity contribution is 0.0140. The van der Waals surface area contributed by atoms with Crippen LogP contribution in [0, 0.1) is 11.3 Å². The van der Waals surface area contributed by atoms with Gasteiger partial charge in [0.25, 0.3) is 5.91 Å². The van der Waals surface area contributed by atoms with Crippen LogP contribution in [-0.4, -0.2) is 64.7 Å². The molecule has 2 aliphatic heterocycles. The van der Waals surface area contributed by atoms with Gasteiger partial charge in [0.1, 0.15) is 11.3 Å². The Kier molecular flexibility index (Phi) is 6.09. The third-order valence-electron chi connectivity index (χ3n) is 5.89. The van der Waals surface area contributed by atoms with Gasteiger partial charge in [-0.15, -0.1) is 0 Å². The zero-order chi connectivity index (χ0) is 23.8. The molecule has 1 fully saturated rings. The molecule has 0 N–H and O–H groups in total. The third-order valence-corrected chi connectivity index (χ3v) is 5.89. The van der Waals surface area contributed by atoms with Crippen LogP contribution in [-0.2, 0) is 16.0 Å². The third kappa shape index (κ3) is 4.69. The topological polar surface area (TPSA) is 95.8 Å². The normalized spacial score (nSPS) is 20.0. The van der Waals surface area contributed by atoms with E-state index >= 15 is 0 Å². The molecule has 2 aromatic rings. The number of hydrogen-bond acceptors (Lipinski definition) is 6. The molecule has 0 bridgehead atoms. The van der Waals surface area contributed by atoms with Crippen LogP contribution >= 0.6 is 0 Å². The smallest absolute Gasteiger partial charge is 0.410 e. The van der Waals surface area contributed by atoms with Crippen molar-refractivity contribution in [3.05, 3.63) is 53.2 Å². The number of rotatable bonds is 4. The van der Waals surface area contributed by atoms with Crippen LogP contribution in [0.3, 0.4) is 0 Å². The van der Waals surface area contributed by atoms with Gasteiger partial charge in [-0.05, 0) is 45.4 Å². The molecule has 8 heteroatoms. The number of benzene rings is 1. The fraction of sp³-hybridized carbons (Fsp3) is 0.440. The van der Waals surface area contributed by atoms with Crippen molar-refractivity contribution in [1.82, 2.24) is 14.8 Å². The largest absolute Gasteiger partial charge is 0.444 e. The van der Waals surface area contributed by atoms with Gasteiger partial charge in [0.2, 0.25) is 0 Å². The summed E-state index contributed by atoms with van der Waals surface area (Å²) in [5.41, 5.74) is 2.67. The van der Waals surface area contributed by atoms with Crippen LogP contribution in [0.25, 0.3) is 11.3 Å². The van der Waals surface area contributed by atoms with Gasteiger partial charge in [-0.1, -0.05) is 18.2 Å². The number of hydrogen-bond donors (Lipinski definition) is 0. The van der Waals surface area contributed by atoms with Crippen molar-refractivity contribution in [3.8, 4) is 17.3 Å². The number of nitrogens with zero attached hydrogens (tertiary/aromatic N) is 4. The van der Waals surface area contributed by atoms with E-state index in [2.05, 4.69) is 11.1 Å². The molecule has 1 aromatic heterocycles. The van der Waals surface area contributed by atoms with Crippen molar-refractivity contribution < 1.29 is 19.1 Å². The molecule has 0 unspecified atom stereocenters. The van der Waals surface area contributed by atoms with Gasteiger partial charge in [0.05, 0.1) is 36.0 Å². The van der Waals surface area contributed by atoms with Crippen molar-refractivity contribution in [2.45, 2.75) is 51.4 Å². The molecule has 0 aliphatic carbocycles.